The van der Waals surface area contributed by atoms with Crippen molar-refractivity contribution in [3.8, 4) is 0 Å². The normalized spacial score (nSPS) is 21.6. The maximum absolute atomic E-state index is 11.2. The Labute approximate surface area is 102 Å². The van der Waals surface area contributed by atoms with E-state index in [0.29, 0.717) is 24.5 Å². The van der Waals surface area contributed by atoms with Gasteiger partial charge in [-0.1, -0.05) is 17.7 Å². The van der Waals surface area contributed by atoms with Gasteiger partial charge < -0.3 is 0 Å². The lowest BCUT2D eigenvalue weighted by Crippen LogP contribution is -1.95. The second-order valence-corrected chi connectivity index (χ2v) is 5.30. The van der Waals surface area contributed by atoms with Crippen LogP contribution in [0.15, 0.2) is 18.2 Å². The van der Waals surface area contributed by atoms with Crippen molar-refractivity contribution in [1.82, 2.24) is 0 Å². The highest BCUT2D eigenvalue weighted by atomic mass is 127. The maximum atomic E-state index is 11.2. The summed E-state index contributed by atoms with van der Waals surface area (Å²) in [6, 6.07) is 6.05. The molecule has 0 heterocycles. The van der Waals surface area contributed by atoms with Crippen LogP contribution in [-0.2, 0) is 4.79 Å². The largest absolute Gasteiger partial charge is 0.300 e. The Hall–Kier alpha value is -0.0900. The SMILES string of the molecule is O=C1CCC(c2ccc(I)cc2Cl)C1. The van der Waals surface area contributed by atoms with E-state index in [1.54, 1.807) is 0 Å². The Balaban J connectivity index is 2.28. The lowest BCUT2D eigenvalue weighted by atomic mass is 9.98. The number of hydrogen-bond acceptors (Lipinski definition) is 1. The number of hydrogen-bond donors (Lipinski definition) is 0. The number of carbonyl (C=O) groups is 1. The first-order valence-corrected chi connectivity index (χ1v) is 6.09. The van der Waals surface area contributed by atoms with Crippen molar-refractivity contribution in [2.75, 3.05) is 0 Å². The van der Waals surface area contributed by atoms with Gasteiger partial charge in [0.25, 0.3) is 0 Å². The zero-order valence-electron chi connectivity index (χ0n) is 7.59. The van der Waals surface area contributed by atoms with E-state index < -0.39 is 0 Å². The Morgan fingerprint density at radius 2 is 2.21 bits per heavy atom. The van der Waals surface area contributed by atoms with E-state index >= 15 is 0 Å². The topological polar surface area (TPSA) is 17.1 Å². The van der Waals surface area contributed by atoms with Gasteiger partial charge in [-0.2, -0.15) is 0 Å². The smallest absolute Gasteiger partial charge is 0.133 e. The van der Waals surface area contributed by atoms with Gasteiger partial charge in [-0.15, -0.1) is 0 Å². The van der Waals surface area contributed by atoms with Crippen LogP contribution < -0.4 is 0 Å². The van der Waals surface area contributed by atoms with E-state index in [0.717, 1.165) is 20.6 Å². The van der Waals surface area contributed by atoms with Crippen molar-refractivity contribution in [3.63, 3.8) is 0 Å². The number of halogens is 2. The first-order chi connectivity index (χ1) is 6.66. The fourth-order valence-electron chi connectivity index (χ4n) is 1.91. The van der Waals surface area contributed by atoms with Crippen LogP contribution in [0.2, 0.25) is 5.02 Å². The molecule has 1 fully saturated rings. The lowest BCUT2D eigenvalue weighted by Gasteiger charge is -2.10. The first-order valence-electron chi connectivity index (χ1n) is 4.63. The van der Waals surface area contributed by atoms with E-state index in [9.17, 15) is 4.79 Å². The summed E-state index contributed by atoms with van der Waals surface area (Å²) in [6.07, 6.45) is 2.34. The van der Waals surface area contributed by atoms with Crippen molar-refractivity contribution in [3.05, 3.63) is 32.4 Å². The van der Waals surface area contributed by atoms with Crippen LogP contribution >= 0.6 is 34.2 Å². The number of carbonyl (C=O) groups excluding carboxylic acids is 1. The van der Waals surface area contributed by atoms with Gasteiger partial charge in [-0.3, -0.25) is 4.79 Å². The van der Waals surface area contributed by atoms with E-state index in [2.05, 4.69) is 22.6 Å². The predicted octanol–water partition coefficient (Wildman–Crippen LogP) is 3.78. The molecule has 0 spiro atoms. The molecule has 0 bridgehead atoms. The van der Waals surface area contributed by atoms with Gasteiger partial charge in [0.2, 0.25) is 0 Å². The summed E-state index contributed by atoms with van der Waals surface area (Å²) in [5.41, 5.74) is 1.14. The number of rotatable bonds is 1. The monoisotopic (exact) mass is 320 g/mol. The first kappa shape index (κ1) is 10.4. The maximum Gasteiger partial charge on any atom is 0.133 e. The van der Waals surface area contributed by atoms with Gasteiger partial charge in [0.05, 0.1) is 0 Å². The molecule has 1 aromatic carbocycles. The Bertz CT molecular complexity index is 376. The van der Waals surface area contributed by atoms with Crippen LogP contribution in [0.25, 0.3) is 0 Å². The average molecular weight is 321 g/mol. The number of ketones is 1. The number of Topliss-reactive ketones (excluding diaryl/α,β-unsaturated/α-hetero) is 1. The summed E-state index contributed by atoms with van der Waals surface area (Å²) in [4.78, 5) is 11.2. The van der Waals surface area contributed by atoms with Crippen LogP contribution in [0.1, 0.15) is 30.7 Å². The van der Waals surface area contributed by atoms with Crippen LogP contribution in [0.3, 0.4) is 0 Å². The molecule has 0 N–H and O–H groups in total. The highest BCUT2D eigenvalue weighted by molar-refractivity contribution is 14.1. The fraction of sp³-hybridized carbons (Fsp3) is 0.364. The quantitative estimate of drug-likeness (QED) is 0.720. The van der Waals surface area contributed by atoms with E-state index in [4.69, 9.17) is 11.6 Å². The van der Waals surface area contributed by atoms with Crippen LogP contribution in [0.4, 0.5) is 0 Å². The fourth-order valence-corrected chi connectivity index (χ4v) is 2.92. The van der Waals surface area contributed by atoms with Crippen molar-refractivity contribution in [2.45, 2.75) is 25.2 Å². The van der Waals surface area contributed by atoms with E-state index in [1.165, 1.54) is 0 Å². The summed E-state index contributed by atoms with van der Waals surface area (Å²) in [5, 5.41) is 0.802. The molecular formula is C11H10ClIO. The molecule has 1 unspecified atom stereocenters. The minimum absolute atomic E-state index is 0.354. The Kier molecular flexibility index (Phi) is 3.12. The molecule has 1 aliphatic rings. The molecule has 0 aromatic heterocycles. The molecule has 1 saturated carbocycles. The van der Waals surface area contributed by atoms with Crippen molar-refractivity contribution >= 4 is 40.0 Å². The van der Waals surface area contributed by atoms with Crippen LogP contribution in [0.5, 0.6) is 0 Å². The summed E-state index contributed by atoms with van der Waals surface area (Å²) in [7, 11) is 0. The molecule has 0 aliphatic heterocycles. The molecule has 3 heteroatoms. The predicted molar refractivity (Wildman–Crippen MR) is 65.8 cm³/mol. The molecule has 0 amide bonds. The summed E-state index contributed by atoms with van der Waals surface area (Å²) >= 11 is 8.38. The molecular weight excluding hydrogens is 310 g/mol. The molecule has 0 saturated heterocycles. The minimum Gasteiger partial charge on any atom is -0.300 e. The molecule has 1 nitrogen and oxygen atoms in total. The molecule has 0 radical (unpaired) electrons. The van der Waals surface area contributed by atoms with Gasteiger partial charge >= 0.3 is 0 Å². The zero-order chi connectivity index (χ0) is 10.1. The van der Waals surface area contributed by atoms with Gasteiger partial charge in [0, 0.05) is 21.4 Å². The zero-order valence-corrected chi connectivity index (χ0v) is 10.5. The van der Waals surface area contributed by atoms with Gasteiger partial charge in [-0.05, 0) is 52.6 Å². The molecule has 2 rings (SSSR count). The molecule has 74 valence electrons. The number of benzene rings is 1. The van der Waals surface area contributed by atoms with Gasteiger partial charge in [-0.25, -0.2) is 0 Å². The second-order valence-electron chi connectivity index (χ2n) is 3.64. The highest BCUT2D eigenvalue weighted by Crippen LogP contribution is 2.36. The molecule has 1 aromatic rings. The summed E-state index contributed by atoms with van der Waals surface area (Å²) in [6.45, 7) is 0. The summed E-state index contributed by atoms with van der Waals surface area (Å²) in [5.74, 6) is 0.719. The van der Waals surface area contributed by atoms with E-state index in [-0.39, 0.29) is 0 Å². The second kappa shape index (κ2) is 4.19. The molecule has 14 heavy (non-hydrogen) atoms. The average Bonchev–Trinajstić information content (AvgIpc) is 2.51. The Morgan fingerprint density at radius 1 is 1.43 bits per heavy atom. The van der Waals surface area contributed by atoms with Crippen LogP contribution in [-0.4, -0.2) is 5.78 Å². The highest BCUT2D eigenvalue weighted by Gasteiger charge is 2.24. The minimum atomic E-state index is 0.354. The third-order valence-electron chi connectivity index (χ3n) is 2.65. The Morgan fingerprint density at radius 3 is 2.79 bits per heavy atom. The van der Waals surface area contributed by atoms with Gasteiger partial charge in [0.1, 0.15) is 5.78 Å². The third-order valence-corrected chi connectivity index (χ3v) is 3.65. The third kappa shape index (κ3) is 2.11. The van der Waals surface area contributed by atoms with E-state index in [1.807, 2.05) is 18.2 Å². The lowest BCUT2D eigenvalue weighted by molar-refractivity contribution is -0.117. The standard InChI is InChI=1S/C11H10ClIO/c12-11-6-8(13)2-4-10(11)7-1-3-9(14)5-7/h2,4,6-7H,1,3,5H2. The molecule has 1 aliphatic carbocycles. The van der Waals surface area contributed by atoms with Crippen molar-refractivity contribution in [1.29, 1.82) is 0 Å². The van der Waals surface area contributed by atoms with Crippen molar-refractivity contribution < 1.29 is 4.79 Å². The van der Waals surface area contributed by atoms with Crippen LogP contribution in [0, 0.1) is 3.57 Å². The van der Waals surface area contributed by atoms with Crippen molar-refractivity contribution in [2.24, 2.45) is 0 Å². The molecule has 1 atom stereocenters. The summed E-state index contributed by atoms with van der Waals surface area (Å²) < 4.78 is 1.14. The van der Waals surface area contributed by atoms with Gasteiger partial charge in [0.15, 0.2) is 0 Å².